The van der Waals surface area contributed by atoms with Crippen molar-refractivity contribution in [1.82, 2.24) is 4.90 Å². The molecule has 4 bridgehead atoms. The highest BCUT2D eigenvalue weighted by Gasteiger charge is 2.50. The average molecular weight is 279 g/mol. The highest BCUT2D eigenvalue weighted by molar-refractivity contribution is 5.66. The molecule has 0 radical (unpaired) electrons. The van der Waals surface area contributed by atoms with Gasteiger partial charge in [0.25, 0.3) is 0 Å². The lowest BCUT2D eigenvalue weighted by atomic mass is 9.49. The number of aliphatic carboxylic acids is 1. The molecule has 0 aromatic heterocycles. The molecule has 4 rings (SSSR count). The van der Waals surface area contributed by atoms with Gasteiger partial charge in [-0.2, -0.15) is 0 Å². The number of hydrogen-bond acceptors (Lipinski definition) is 2. The normalized spacial score (nSPS) is 38.6. The summed E-state index contributed by atoms with van der Waals surface area (Å²) in [6, 6.07) is 0. The van der Waals surface area contributed by atoms with E-state index in [9.17, 15) is 4.79 Å². The molecule has 0 unspecified atom stereocenters. The summed E-state index contributed by atoms with van der Waals surface area (Å²) < 4.78 is 0. The van der Waals surface area contributed by atoms with Crippen molar-refractivity contribution in [2.45, 2.75) is 57.8 Å². The van der Waals surface area contributed by atoms with Gasteiger partial charge in [0.15, 0.2) is 0 Å². The maximum atomic E-state index is 10.5. The van der Waals surface area contributed by atoms with Crippen LogP contribution in [-0.2, 0) is 4.79 Å². The van der Waals surface area contributed by atoms with E-state index in [1.165, 1.54) is 44.9 Å². The summed E-state index contributed by atoms with van der Waals surface area (Å²) in [4.78, 5) is 12.9. The largest absolute Gasteiger partial charge is 0.481 e. The standard InChI is InChI=1S/C17H29NO2/c1-18(5-2-3-16(19)20)6-4-17-10-13-7-14(11-17)9-15(8-13)12-17/h13-15H,2-12H2,1H3,(H,19,20). The van der Waals surface area contributed by atoms with Crippen molar-refractivity contribution in [3.8, 4) is 0 Å². The minimum absolute atomic E-state index is 0.307. The summed E-state index contributed by atoms with van der Waals surface area (Å²) in [5, 5.41) is 8.69. The highest BCUT2D eigenvalue weighted by Crippen LogP contribution is 2.61. The molecule has 4 aliphatic rings. The molecule has 4 fully saturated rings. The maximum Gasteiger partial charge on any atom is 0.303 e. The Balaban J connectivity index is 1.45. The molecule has 3 heteroatoms. The highest BCUT2D eigenvalue weighted by atomic mass is 16.4. The maximum absolute atomic E-state index is 10.5. The first kappa shape index (κ1) is 14.4. The van der Waals surface area contributed by atoms with Gasteiger partial charge in [0.05, 0.1) is 0 Å². The van der Waals surface area contributed by atoms with Crippen molar-refractivity contribution in [3.05, 3.63) is 0 Å². The van der Waals surface area contributed by atoms with Crippen LogP contribution in [0, 0.1) is 23.2 Å². The number of rotatable bonds is 7. The third-order valence-corrected chi connectivity index (χ3v) is 6.12. The molecule has 20 heavy (non-hydrogen) atoms. The van der Waals surface area contributed by atoms with E-state index in [0.717, 1.165) is 37.3 Å². The van der Waals surface area contributed by atoms with Gasteiger partial charge in [0.1, 0.15) is 0 Å². The first-order valence-electron chi connectivity index (χ1n) is 8.45. The lowest BCUT2D eigenvalue weighted by Crippen LogP contribution is -2.47. The zero-order valence-corrected chi connectivity index (χ0v) is 12.8. The Kier molecular flexibility index (Phi) is 4.07. The minimum Gasteiger partial charge on any atom is -0.481 e. The van der Waals surface area contributed by atoms with Gasteiger partial charge in [-0.3, -0.25) is 4.79 Å². The predicted octanol–water partition coefficient (Wildman–Crippen LogP) is 3.39. The van der Waals surface area contributed by atoms with Gasteiger partial charge in [-0.1, -0.05) is 0 Å². The smallest absolute Gasteiger partial charge is 0.303 e. The Morgan fingerprint density at radius 1 is 1.10 bits per heavy atom. The Morgan fingerprint density at radius 2 is 1.65 bits per heavy atom. The van der Waals surface area contributed by atoms with Gasteiger partial charge in [-0.25, -0.2) is 0 Å². The van der Waals surface area contributed by atoms with E-state index in [0.29, 0.717) is 11.8 Å². The predicted molar refractivity (Wildman–Crippen MR) is 79.6 cm³/mol. The van der Waals surface area contributed by atoms with E-state index in [4.69, 9.17) is 5.11 Å². The second-order valence-electron chi connectivity index (χ2n) is 7.97. The molecule has 3 nitrogen and oxygen atoms in total. The van der Waals surface area contributed by atoms with Gasteiger partial charge in [0, 0.05) is 6.42 Å². The van der Waals surface area contributed by atoms with Crippen LogP contribution in [0.15, 0.2) is 0 Å². The van der Waals surface area contributed by atoms with Crippen LogP contribution in [0.2, 0.25) is 0 Å². The van der Waals surface area contributed by atoms with E-state index in [-0.39, 0.29) is 0 Å². The van der Waals surface area contributed by atoms with Crippen molar-refractivity contribution in [2.75, 3.05) is 20.1 Å². The third-order valence-electron chi connectivity index (χ3n) is 6.12. The zero-order valence-electron chi connectivity index (χ0n) is 12.8. The molecule has 0 amide bonds. The average Bonchev–Trinajstić information content (AvgIpc) is 2.34. The van der Waals surface area contributed by atoms with Gasteiger partial charge in [-0.15, -0.1) is 0 Å². The van der Waals surface area contributed by atoms with Gasteiger partial charge < -0.3 is 10.0 Å². The van der Waals surface area contributed by atoms with Crippen LogP contribution < -0.4 is 0 Å². The molecule has 1 N–H and O–H groups in total. The Bertz CT molecular complexity index is 331. The van der Waals surface area contributed by atoms with E-state index in [2.05, 4.69) is 11.9 Å². The van der Waals surface area contributed by atoms with Gasteiger partial charge in [0.2, 0.25) is 0 Å². The van der Waals surface area contributed by atoms with Crippen molar-refractivity contribution in [2.24, 2.45) is 23.2 Å². The van der Waals surface area contributed by atoms with E-state index >= 15 is 0 Å². The number of carbonyl (C=O) groups is 1. The molecule has 0 aromatic carbocycles. The van der Waals surface area contributed by atoms with Crippen LogP contribution in [0.5, 0.6) is 0 Å². The van der Waals surface area contributed by atoms with Crippen molar-refractivity contribution in [3.63, 3.8) is 0 Å². The summed E-state index contributed by atoms with van der Waals surface area (Å²) in [6.45, 7) is 2.09. The first-order valence-corrected chi connectivity index (χ1v) is 8.45. The molecule has 0 heterocycles. The molecular weight excluding hydrogens is 250 g/mol. The molecule has 0 aliphatic heterocycles. The summed E-state index contributed by atoms with van der Waals surface area (Å²) in [5.74, 6) is 2.45. The third kappa shape index (κ3) is 3.19. The molecule has 114 valence electrons. The van der Waals surface area contributed by atoms with Crippen LogP contribution in [0.25, 0.3) is 0 Å². The first-order chi connectivity index (χ1) is 9.55. The SMILES string of the molecule is CN(CCCC(=O)O)CCC12CC3CC(CC(C3)C1)C2. The van der Waals surface area contributed by atoms with Crippen LogP contribution in [0.3, 0.4) is 0 Å². The summed E-state index contributed by atoms with van der Waals surface area (Å²) in [7, 11) is 2.16. The molecule has 0 saturated heterocycles. The molecule has 0 aromatic rings. The van der Waals surface area contributed by atoms with Crippen molar-refractivity contribution < 1.29 is 9.90 Å². The van der Waals surface area contributed by atoms with E-state index in [1.807, 2.05) is 0 Å². The lowest BCUT2D eigenvalue weighted by Gasteiger charge is -2.57. The van der Waals surface area contributed by atoms with Crippen LogP contribution in [-0.4, -0.2) is 36.1 Å². The topological polar surface area (TPSA) is 40.5 Å². The second-order valence-corrected chi connectivity index (χ2v) is 7.97. The fraction of sp³-hybridized carbons (Fsp3) is 0.941. The summed E-state index contributed by atoms with van der Waals surface area (Å²) in [5.41, 5.74) is 0.663. The zero-order chi connectivity index (χ0) is 14.2. The van der Waals surface area contributed by atoms with Gasteiger partial charge >= 0.3 is 5.97 Å². The van der Waals surface area contributed by atoms with Gasteiger partial charge in [-0.05, 0) is 94.7 Å². The van der Waals surface area contributed by atoms with E-state index < -0.39 is 5.97 Å². The Hall–Kier alpha value is -0.570. The molecule has 0 spiro atoms. The molecule has 4 aliphatic carbocycles. The van der Waals surface area contributed by atoms with Crippen LogP contribution in [0.1, 0.15) is 57.8 Å². The minimum atomic E-state index is -0.667. The quantitative estimate of drug-likeness (QED) is 0.776. The lowest BCUT2D eigenvalue weighted by molar-refractivity contribution is -0.137. The second kappa shape index (κ2) is 5.67. The molecule has 0 atom stereocenters. The monoisotopic (exact) mass is 279 g/mol. The fourth-order valence-corrected chi connectivity index (χ4v) is 5.64. The fourth-order valence-electron chi connectivity index (χ4n) is 5.64. The van der Waals surface area contributed by atoms with E-state index in [1.54, 1.807) is 0 Å². The summed E-state index contributed by atoms with van der Waals surface area (Å²) >= 11 is 0. The summed E-state index contributed by atoms with van der Waals surface area (Å²) in [6.07, 6.45) is 11.5. The number of carboxylic acid groups (broad SMARTS) is 1. The number of carboxylic acids is 1. The Morgan fingerprint density at radius 3 is 2.15 bits per heavy atom. The van der Waals surface area contributed by atoms with Crippen LogP contribution in [0.4, 0.5) is 0 Å². The molecule has 4 saturated carbocycles. The number of hydrogen-bond donors (Lipinski definition) is 1. The molecular formula is C17H29NO2. The van der Waals surface area contributed by atoms with Crippen molar-refractivity contribution >= 4 is 5.97 Å². The van der Waals surface area contributed by atoms with Crippen molar-refractivity contribution in [1.29, 1.82) is 0 Å². The van der Waals surface area contributed by atoms with Crippen LogP contribution >= 0.6 is 0 Å². The number of nitrogens with zero attached hydrogens (tertiary/aromatic N) is 1. The Labute approximate surface area is 122 Å².